The molecular weight excluding hydrogens is 562 g/mol. The Morgan fingerprint density at radius 3 is 2.37 bits per heavy atom. The Morgan fingerprint density at radius 1 is 0.976 bits per heavy atom. The number of carbonyl (C=O) groups excluding carboxylic acids is 3. The number of sulfonamides is 1. The summed E-state index contributed by atoms with van der Waals surface area (Å²) < 4.78 is 28.6. The minimum absolute atomic E-state index is 0.0391. The maximum Gasteiger partial charge on any atom is 0.261 e. The molecule has 0 aromatic heterocycles. The first-order valence-electron chi connectivity index (χ1n) is 13.8. The van der Waals surface area contributed by atoms with Gasteiger partial charge >= 0.3 is 0 Å². The number of carbonyl (C=O) groups is 3. The fourth-order valence-electron chi connectivity index (χ4n) is 5.39. The molecule has 3 aromatic rings. The van der Waals surface area contributed by atoms with Crippen LogP contribution in [0.15, 0.2) is 71.6 Å². The van der Waals surface area contributed by atoms with Crippen molar-refractivity contribution in [2.75, 3.05) is 31.2 Å². The van der Waals surface area contributed by atoms with Crippen molar-refractivity contribution < 1.29 is 27.9 Å². The van der Waals surface area contributed by atoms with E-state index in [2.05, 4.69) is 4.72 Å². The Kier molecular flexibility index (Phi) is 9.08. The van der Waals surface area contributed by atoms with Gasteiger partial charge < -0.3 is 10.0 Å². The number of unbranched alkanes of at least 4 members (excludes halogenated alkanes) is 1. The van der Waals surface area contributed by atoms with Crippen molar-refractivity contribution >= 4 is 50.3 Å². The van der Waals surface area contributed by atoms with Crippen molar-refractivity contribution in [1.82, 2.24) is 14.5 Å². The molecule has 0 radical (unpaired) electrons. The van der Waals surface area contributed by atoms with Gasteiger partial charge in [0.05, 0.1) is 22.6 Å². The second-order valence-electron chi connectivity index (χ2n) is 10.3. The molecule has 41 heavy (non-hydrogen) atoms. The number of hydrogen-bond acceptors (Lipinski definition) is 7. The Hall–Kier alpha value is -3.25. The number of nitrogens with one attached hydrogen (secondary N) is 1. The molecule has 2 aliphatic heterocycles. The normalized spacial score (nSPS) is 17.8. The van der Waals surface area contributed by atoms with Crippen LogP contribution in [-0.4, -0.2) is 84.3 Å². The molecule has 2 atom stereocenters. The first-order valence-corrected chi connectivity index (χ1v) is 16.4. The Labute approximate surface area is 243 Å². The van der Waals surface area contributed by atoms with Gasteiger partial charge in [0.1, 0.15) is 6.04 Å². The van der Waals surface area contributed by atoms with E-state index in [0.29, 0.717) is 36.4 Å². The lowest BCUT2D eigenvalue weighted by Crippen LogP contribution is -2.52. The minimum atomic E-state index is -4.03. The summed E-state index contributed by atoms with van der Waals surface area (Å²) in [5.74, 6) is 0.584. The first-order chi connectivity index (χ1) is 19.8. The highest BCUT2D eigenvalue weighted by Crippen LogP contribution is 2.25. The molecule has 2 N–H and O–H groups in total. The molecule has 0 saturated carbocycles. The maximum absolute atomic E-state index is 13.3. The number of rotatable bonds is 12. The maximum atomic E-state index is 13.3. The van der Waals surface area contributed by atoms with Gasteiger partial charge in [-0.25, -0.2) is 8.42 Å². The van der Waals surface area contributed by atoms with Crippen molar-refractivity contribution in [3.8, 4) is 0 Å². The molecule has 2 aliphatic rings. The molecule has 9 nitrogen and oxygen atoms in total. The van der Waals surface area contributed by atoms with Gasteiger partial charge in [-0.3, -0.25) is 19.3 Å². The number of likely N-dealkylation sites (tertiary alicyclic amines) is 1. The van der Waals surface area contributed by atoms with Crippen molar-refractivity contribution in [3.63, 3.8) is 0 Å². The molecule has 0 bridgehead atoms. The van der Waals surface area contributed by atoms with Crippen LogP contribution in [-0.2, 0) is 14.8 Å². The zero-order valence-electron chi connectivity index (χ0n) is 22.6. The molecular formula is C30H33N3O6S2. The average Bonchev–Trinajstić information content (AvgIpc) is 3.55. The van der Waals surface area contributed by atoms with Crippen LogP contribution in [0.2, 0.25) is 0 Å². The SMILES string of the molecule is O=C1c2ccccc2C(=O)N1CCCCSCC1CCCN1C(=O)C(CO)NS(=O)(=O)c1ccc2ccccc2c1. The van der Waals surface area contributed by atoms with Gasteiger partial charge in [-0.2, -0.15) is 16.5 Å². The van der Waals surface area contributed by atoms with Crippen LogP contribution in [0.1, 0.15) is 46.4 Å². The van der Waals surface area contributed by atoms with Gasteiger partial charge in [-0.05, 0) is 66.5 Å². The van der Waals surface area contributed by atoms with Gasteiger partial charge in [-0.15, -0.1) is 0 Å². The van der Waals surface area contributed by atoms with Crippen LogP contribution in [0, 0.1) is 0 Å². The quantitative estimate of drug-likeness (QED) is 0.243. The molecule has 0 spiro atoms. The van der Waals surface area contributed by atoms with E-state index in [-0.39, 0.29) is 22.8 Å². The molecule has 2 unspecified atom stereocenters. The molecule has 11 heteroatoms. The number of aliphatic hydroxyl groups is 1. The number of amides is 3. The lowest BCUT2D eigenvalue weighted by atomic mass is 10.1. The Bertz CT molecular complexity index is 1530. The average molecular weight is 596 g/mol. The molecule has 216 valence electrons. The highest BCUT2D eigenvalue weighted by molar-refractivity contribution is 7.99. The van der Waals surface area contributed by atoms with E-state index in [1.165, 1.54) is 11.0 Å². The number of aliphatic hydroxyl groups excluding tert-OH is 1. The largest absolute Gasteiger partial charge is 0.394 e. The van der Waals surface area contributed by atoms with Crippen LogP contribution >= 0.6 is 11.8 Å². The predicted octanol–water partition coefficient (Wildman–Crippen LogP) is 3.28. The zero-order chi connectivity index (χ0) is 29.0. The summed E-state index contributed by atoms with van der Waals surface area (Å²) in [5, 5.41) is 11.6. The van der Waals surface area contributed by atoms with Gasteiger partial charge in [0.2, 0.25) is 15.9 Å². The van der Waals surface area contributed by atoms with E-state index in [9.17, 15) is 27.9 Å². The number of hydrogen-bond donors (Lipinski definition) is 2. The van der Waals surface area contributed by atoms with Gasteiger partial charge in [-0.1, -0.05) is 42.5 Å². The highest BCUT2D eigenvalue weighted by atomic mass is 32.2. The second kappa shape index (κ2) is 12.7. The minimum Gasteiger partial charge on any atom is -0.394 e. The van der Waals surface area contributed by atoms with E-state index in [1.54, 1.807) is 53.1 Å². The van der Waals surface area contributed by atoms with Crippen LogP contribution in [0.3, 0.4) is 0 Å². The Morgan fingerprint density at radius 2 is 1.66 bits per heavy atom. The molecule has 0 aliphatic carbocycles. The summed E-state index contributed by atoms with van der Waals surface area (Å²) in [4.78, 5) is 41.3. The Balaban J connectivity index is 1.10. The summed E-state index contributed by atoms with van der Waals surface area (Å²) in [6.07, 6.45) is 3.12. The fraction of sp³-hybridized carbons (Fsp3) is 0.367. The summed E-state index contributed by atoms with van der Waals surface area (Å²) >= 11 is 1.69. The number of imide groups is 1. The van der Waals surface area contributed by atoms with Crippen LogP contribution in [0.25, 0.3) is 10.8 Å². The fourth-order valence-corrected chi connectivity index (χ4v) is 7.80. The number of benzene rings is 3. The molecule has 2 heterocycles. The van der Waals surface area contributed by atoms with Crippen molar-refractivity contribution in [2.24, 2.45) is 0 Å². The predicted molar refractivity (Wildman–Crippen MR) is 158 cm³/mol. The number of nitrogens with zero attached hydrogens (tertiary/aromatic N) is 2. The van der Waals surface area contributed by atoms with Gasteiger partial charge in [0, 0.05) is 24.9 Å². The molecule has 1 fully saturated rings. The number of fused-ring (bicyclic) bond motifs is 2. The third-order valence-electron chi connectivity index (χ3n) is 7.58. The monoisotopic (exact) mass is 595 g/mol. The molecule has 1 saturated heterocycles. The second-order valence-corrected chi connectivity index (χ2v) is 13.1. The lowest BCUT2D eigenvalue weighted by molar-refractivity contribution is -0.134. The van der Waals surface area contributed by atoms with Gasteiger partial charge in [0.15, 0.2) is 0 Å². The summed E-state index contributed by atoms with van der Waals surface area (Å²) in [7, 11) is -4.03. The van der Waals surface area contributed by atoms with Crippen molar-refractivity contribution in [2.45, 2.75) is 42.7 Å². The zero-order valence-corrected chi connectivity index (χ0v) is 24.2. The lowest BCUT2D eigenvalue weighted by Gasteiger charge is -2.28. The smallest absolute Gasteiger partial charge is 0.261 e. The first kappa shape index (κ1) is 29.2. The molecule has 3 amide bonds. The van der Waals surface area contributed by atoms with E-state index >= 15 is 0 Å². The van der Waals surface area contributed by atoms with Crippen molar-refractivity contribution in [3.05, 3.63) is 77.9 Å². The van der Waals surface area contributed by atoms with Crippen molar-refractivity contribution in [1.29, 1.82) is 0 Å². The standard InChI is InChI=1S/C30H33N3O6S2/c34-19-27(31-41(38,39)24-14-13-21-8-1-2-9-22(21)18-24)30(37)32-16-7-10-23(32)20-40-17-6-5-15-33-28(35)25-11-3-4-12-26(25)29(33)36/h1-4,8-9,11-14,18,23,27,31,34H,5-7,10,15-17,19-20H2. The topological polar surface area (TPSA) is 124 Å². The van der Waals surface area contributed by atoms with E-state index < -0.39 is 28.6 Å². The highest BCUT2D eigenvalue weighted by Gasteiger charge is 2.36. The van der Waals surface area contributed by atoms with Crippen LogP contribution in [0.4, 0.5) is 0 Å². The summed E-state index contributed by atoms with van der Waals surface area (Å²) in [6, 6.07) is 17.7. The van der Waals surface area contributed by atoms with Crippen LogP contribution < -0.4 is 4.72 Å². The molecule has 5 rings (SSSR count). The van der Waals surface area contributed by atoms with E-state index in [0.717, 1.165) is 35.8 Å². The number of thioether (sulfide) groups is 1. The molecule has 3 aromatic carbocycles. The van der Waals surface area contributed by atoms with E-state index in [4.69, 9.17) is 0 Å². The van der Waals surface area contributed by atoms with E-state index in [1.807, 2.05) is 24.3 Å². The third-order valence-corrected chi connectivity index (χ3v) is 10.2. The summed E-state index contributed by atoms with van der Waals surface area (Å²) in [6.45, 7) is 0.244. The third kappa shape index (κ3) is 6.33. The van der Waals surface area contributed by atoms with Gasteiger partial charge in [0.25, 0.3) is 11.8 Å². The van der Waals surface area contributed by atoms with Crippen LogP contribution in [0.5, 0.6) is 0 Å². The summed E-state index contributed by atoms with van der Waals surface area (Å²) in [5.41, 5.74) is 0.914.